The van der Waals surface area contributed by atoms with Gasteiger partial charge in [-0.15, -0.1) is 0 Å². The summed E-state index contributed by atoms with van der Waals surface area (Å²) in [6, 6.07) is 6.72. The molecule has 6 nitrogen and oxygen atoms in total. The van der Waals surface area contributed by atoms with Gasteiger partial charge in [0.1, 0.15) is 4.90 Å². The summed E-state index contributed by atoms with van der Waals surface area (Å²) < 4.78 is 27.9. The zero-order valence-corrected chi connectivity index (χ0v) is 12.7. The number of benzene rings is 1. The van der Waals surface area contributed by atoms with Gasteiger partial charge in [0.25, 0.3) is 0 Å². The lowest BCUT2D eigenvalue weighted by atomic mass is 9.86. The van der Waals surface area contributed by atoms with E-state index in [1.165, 1.54) is 13.2 Å². The highest BCUT2D eigenvalue weighted by Crippen LogP contribution is 2.29. The van der Waals surface area contributed by atoms with Crippen molar-refractivity contribution in [2.24, 2.45) is 11.1 Å². The zero-order valence-electron chi connectivity index (χ0n) is 11.9. The maximum atomic E-state index is 11.6. The number of ether oxygens (including phenoxy) is 1. The van der Waals surface area contributed by atoms with Crippen molar-refractivity contribution in [3.8, 4) is 0 Å². The Labute approximate surface area is 124 Å². The number of methoxy groups -OCH3 is 1. The van der Waals surface area contributed by atoms with Gasteiger partial charge in [0, 0.05) is 6.04 Å². The van der Waals surface area contributed by atoms with Crippen molar-refractivity contribution in [2.75, 3.05) is 12.4 Å². The summed E-state index contributed by atoms with van der Waals surface area (Å²) in [6.07, 6.45) is 3.06. The third-order valence-electron chi connectivity index (χ3n) is 3.81. The Hall–Kier alpha value is -1.60. The number of esters is 1. The molecule has 1 fully saturated rings. The van der Waals surface area contributed by atoms with Crippen LogP contribution in [0.1, 0.15) is 25.7 Å². The highest BCUT2D eigenvalue weighted by molar-refractivity contribution is 7.89. The Bertz CT molecular complexity index is 607. The second kappa shape index (κ2) is 6.44. The SMILES string of the molecule is COC(=O)C1CCC(Nc2ccccc2S(N)(=O)=O)CC1. The molecule has 1 aromatic rings. The molecule has 0 amide bonds. The molecule has 1 aromatic carbocycles. The van der Waals surface area contributed by atoms with Crippen molar-refractivity contribution in [2.45, 2.75) is 36.6 Å². The molecule has 0 aliphatic heterocycles. The highest BCUT2D eigenvalue weighted by Gasteiger charge is 2.27. The van der Waals surface area contributed by atoms with Crippen molar-refractivity contribution in [3.63, 3.8) is 0 Å². The smallest absolute Gasteiger partial charge is 0.308 e. The molecule has 0 unspecified atom stereocenters. The fourth-order valence-corrected chi connectivity index (χ4v) is 3.40. The first-order chi connectivity index (χ1) is 9.91. The van der Waals surface area contributed by atoms with Crippen molar-refractivity contribution in [1.29, 1.82) is 0 Å². The van der Waals surface area contributed by atoms with Crippen molar-refractivity contribution < 1.29 is 17.9 Å². The number of carbonyl (C=O) groups excluding carboxylic acids is 1. The fourth-order valence-electron chi connectivity index (χ4n) is 2.69. The van der Waals surface area contributed by atoms with Crippen molar-refractivity contribution >= 4 is 21.7 Å². The van der Waals surface area contributed by atoms with Gasteiger partial charge in [0.15, 0.2) is 0 Å². The second-order valence-corrected chi connectivity index (χ2v) is 6.79. The predicted molar refractivity (Wildman–Crippen MR) is 79.2 cm³/mol. The third-order valence-corrected chi connectivity index (χ3v) is 4.78. The van der Waals surface area contributed by atoms with E-state index in [0.29, 0.717) is 5.69 Å². The van der Waals surface area contributed by atoms with Crippen molar-refractivity contribution in [1.82, 2.24) is 0 Å². The van der Waals surface area contributed by atoms with E-state index in [9.17, 15) is 13.2 Å². The van der Waals surface area contributed by atoms with Gasteiger partial charge in [-0.2, -0.15) is 0 Å². The van der Waals surface area contributed by atoms with E-state index in [2.05, 4.69) is 5.32 Å². The van der Waals surface area contributed by atoms with Crippen LogP contribution < -0.4 is 10.5 Å². The van der Waals surface area contributed by atoms with Crippen LogP contribution in [0.5, 0.6) is 0 Å². The van der Waals surface area contributed by atoms with Crippen LogP contribution in [0.15, 0.2) is 29.2 Å². The average Bonchev–Trinajstić information content (AvgIpc) is 2.47. The molecule has 0 heterocycles. The number of para-hydroxylation sites is 1. The standard InChI is InChI=1S/C14H20N2O4S/c1-20-14(17)10-6-8-11(9-7-10)16-12-4-2-3-5-13(12)21(15,18)19/h2-5,10-11,16H,6-9H2,1H3,(H2,15,18,19). The maximum Gasteiger partial charge on any atom is 0.308 e. The van der Waals surface area contributed by atoms with Gasteiger partial charge in [-0.1, -0.05) is 12.1 Å². The second-order valence-electron chi connectivity index (χ2n) is 5.26. The number of hydrogen-bond donors (Lipinski definition) is 2. The number of sulfonamides is 1. The molecule has 0 saturated heterocycles. The molecule has 1 saturated carbocycles. The summed E-state index contributed by atoms with van der Waals surface area (Å²) in [4.78, 5) is 11.6. The minimum atomic E-state index is -3.75. The molecule has 0 atom stereocenters. The molecule has 1 aliphatic carbocycles. The fraction of sp³-hybridized carbons (Fsp3) is 0.500. The molecule has 2 rings (SSSR count). The molecular formula is C14H20N2O4S. The van der Waals surface area contributed by atoms with E-state index in [1.54, 1.807) is 18.2 Å². The van der Waals surface area contributed by atoms with Crippen LogP contribution in [-0.2, 0) is 19.6 Å². The Morgan fingerprint density at radius 3 is 2.43 bits per heavy atom. The number of nitrogens with one attached hydrogen (secondary N) is 1. The molecular weight excluding hydrogens is 292 g/mol. The van der Waals surface area contributed by atoms with E-state index < -0.39 is 10.0 Å². The Kier molecular flexibility index (Phi) is 4.84. The number of carbonyl (C=O) groups is 1. The lowest BCUT2D eigenvalue weighted by Crippen LogP contribution is -2.30. The van der Waals surface area contributed by atoms with E-state index in [4.69, 9.17) is 9.88 Å². The topological polar surface area (TPSA) is 98.5 Å². The van der Waals surface area contributed by atoms with Crippen LogP contribution in [0.2, 0.25) is 0 Å². The first kappa shape index (κ1) is 15.8. The molecule has 7 heteroatoms. The Balaban J connectivity index is 2.03. The molecule has 116 valence electrons. The van der Waals surface area contributed by atoms with Crippen LogP contribution >= 0.6 is 0 Å². The number of rotatable bonds is 4. The van der Waals surface area contributed by atoms with E-state index in [-0.39, 0.29) is 22.8 Å². The normalized spacial score (nSPS) is 22.6. The lowest BCUT2D eigenvalue weighted by Gasteiger charge is -2.28. The largest absolute Gasteiger partial charge is 0.469 e. The summed E-state index contributed by atoms with van der Waals surface area (Å²) in [6.45, 7) is 0. The quantitative estimate of drug-likeness (QED) is 0.820. The molecule has 0 aromatic heterocycles. The number of anilines is 1. The number of primary sulfonamides is 1. The Morgan fingerprint density at radius 2 is 1.86 bits per heavy atom. The van der Waals surface area contributed by atoms with E-state index in [1.807, 2.05) is 0 Å². The number of hydrogen-bond acceptors (Lipinski definition) is 5. The third kappa shape index (κ3) is 3.95. The van der Waals surface area contributed by atoms with Crippen LogP contribution in [0.3, 0.4) is 0 Å². The predicted octanol–water partition coefficient (Wildman–Crippen LogP) is 1.48. The van der Waals surface area contributed by atoms with Gasteiger partial charge in [0.05, 0.1) is 18.7 Å². The molecule has 0 spiro atoms. The summed E-state index contributed by atoms with van der Waals surface area (Å²) in [5, 5.41) is 8.44. The van der Waals surface area contributed by atoms with E-state index >= 15 is 0 Å². The average molecular weight is 312 g/mol. The highest BCUT2D eigenvalue weighted by atomic mass is 32.2. The van der Waals surface area contributed by atoms with Gasteiger partial charge >= 0.3 is 5.97 Å². The van der Waals surface area contributed by atoms with Crippen LogP contribution in [-0.4, -0.2) is 27.5 Å². The van der Waals surface area contributed by atoms with Crippen LogP contribution in [0.25, 0.3) is 0 Å². The van der Waals surface area contributed by atoms with Gasteiger partial charge in [-0.3, -0.25) is 4.79 Å². The minimum absolute atomic E-state index is 0.0541. The van der Waals surface area contributed by atoms with Crippen LogP contribution in [0, 0.1) is 5.92 Å². The van der Waals surface area contributed by atoms with E-state index in [0.717, 1.165) is 25.7 Å². The molecule has 0 radical (unpaired) electrons. The minimum Gasteiger partial charge on any atom is -0.469 e. The first-order valence-electron chi connectivity index (χ1n) is 6.88. The summed E-state index contributed by atoms with van der Waals surface area (Å²) in [5.74, 6) is -0.222. The maximum absolute atomic E-state index is 11.6. The molecule has 21 heavy (non-hydrogen) atoms. The number of nitrogens with two attached hydrogens (primary N) is 1. The first-order valence-corrected chi connectivity index (χ1v) is 8.42. The monoisotopic (exact) mass is 312 g/mol. The molecule has 1 aliphatic rings. The lowest BCUT2D eigenvalue weighted by molar-refractivity contribution is -0.146. The summed E-state index contributed by atoms with van der Waals surface area (Å²) in [7, 11) is -2.35. The van der Waals surface area contributed by atoms with Gasteiger partial charge in [-0.05, 0) is 37.8 Å². The Morgan fingerprint density at radius 1 is 1.24 bits per heavy atom. The summed E-state index contributed by atoms with van der Waals surface area (Å²) in [5.41, 5.74) is 0.515. The summed E-state index contributed by atoms with van der Waals surface area (Å²) >= 11 is 0. The zero-order chi connectivity index (χ0) is 15.5. The van der Waals surface area contributed by atoms with Crippen LogP contribution in [0.4, 0.5) is 5.69 Å². The van der Waals surface area contributed by atoms with Gasteiger partial charge in [-0.25, -0.2) is 13.6 Å². The van der Waals surface area contributed by atoms with Gasteiger partial charge in [0.2, 0.25) is 10.0 Å². The molecule has 3 N–H and O–H groups in total. The van der Waals surface area contributed by atoms with Crippen molar-refractivity contribution in [3.05, 3.63) is 24.3 Å². The molecule has 0 bridgehead atoms. The van der Waals surface area contributed by atoms with Gasteiger partial charge < -0.3 is 10.1 Å².